The third kappa shape index (κ3) is 2.51. The Labute approximate surface area is 96.8 Å². The van der Waals surface area contributed by atoms with Crippen molar-refractivity contribution in [2.24, 2.45) is 0 Å². The number of hydrogen-bond donors (Lipinski definition) is 0. The molecular formula is C11H20ClN3. The highest BCUT2D eigenvalue weighted by atomic mass is 35.5. The molecule has 1 aromatic heterocycles. The van der Waals surface area contributed by atoms with E-state index in [1.807, 2.05) is 0 Å². The molecule has 1 heterocycles. The second kappa shape index (κ2) is 4.52. The Morgan fingerprint density at radius 3 is 2.40 bits per heavy atom. The van der Waals surface area contributed by atoms with Crippen LogP contribution >= 0.6 is 11.6 Å². The maximum absolute atomic E-state index is 6.10. The maximum Gasteiger partial charge on any atom is 0.225 e. The van der Waals surface area contributed by atoms with E-state index >= 15 is 0 Å². The van der Waals surface area contributed by atoms with Gasteiger partial charge in [0.2, 0.25) is 5.28 Å². The summed E-state index contributed by atoms with van der Waals surface area (Å²) in [5.41, 5.74) is -0.00502. The fourth-order valence-electron chi connectivity index (χ4n) is 1.93. The van der Waals surface area contributed by atoms with Crippen molar-refractivity contribution in [1.82, 2.24) is 14.8 Å². The van der Waals surface area contributed by atoms with Gasteiger partial charge in [0.05, 0.1) is 0 Å². The van der Waals surface area contributed by atoms with Gasteiger partial charge >= 0.3 is 0 Å². The first-order valence-corrected chi connectivity index (χ1v) is 5.89. The van der Waals surface area contributed by atoms with E-state index in [1.165, 1.54) is 0 Å². The first-order valence-electron chi connectivity index (χ1n) is 5.51. The molecule has 86 valence electrons. The monoisotopic (exact) mass is 229 g/mol. The molecule has 0 aliphatic heterocycles. The van der Waals surface area contributed by atoms with Crippen LogP contribution in [-0.4, -0.2) is 14.8 Å². The molecule has 0 amide bonds. The average Bonchev–Trinajstić information content (AvgIpc) is 2.47. The zero-order valence-electron chi connectivity index (χ0n) is 10.2. The van der Waals surface area contributed by atoms with Gasteiger partial charge in [0.25, 0.3) is 0 Å². The summed E-state index contributed by atoms with van der Waals surface area (Å²) in [5, 5.41) is 8.61. The van der Waals surface area contributed by atoms with Crippen molar-refractivity contribution in [3.63, 3.8) is 0 Å². The standard InChI is InChI=1S/C11H20ClN3/c1-6-7-11(4,5)15-9(8(2)3)13-14-10(15)12/h8H,6-7H2,1-5H3. The summed E-state index contributed by atoms with van der Waals surface area (Å²) < 4.78 is 2.06. The van der Waals surface area contributed by atoms with E-state index in [0.717, 1.165) is 18.7 Å². The van der Waals surface area contributed by atoms with Crippen LogP contribution in [0.5, 0.6) is 0 Å². The van der Waals surface area contributed by atoms with E-state index < -0.39 is 0 Å². The number of hydrogen-bond acceptors (Lipinski definition) is 2. The van der Waals surface area contributed by atoms with E-state index in [-0.39, 0.29) is 5.54 Å². The summed E-state index contributed by atoms with van der Waals surface area (Å²) in [6.45, 7) is 10.8. The first-order chi connectivity index (χ1) is 6.90. The Bertz CT molecular complexity index is 329. The Hall–Kier alpha value is -0.570. The van der Waals surface area contributed by atoms with Crippen molar-refractivity contribution < 1.29 is 0 Å². The van der Waals surface area contributed by atoms with Crippen LogP contribution in [-0.2, 0) is 5.54 Å². The van der Waals surface area contributed by atoms with Crippen LogP contribution in [0.1, 0.15) is 59.2 Å². The minimum atomic E-state index is -0.00502. The fraction of sp³-hybridized carbons (Fsp3) is 0.818. The molecule has 3 nitrogen and oxygen atoms in total. The smallest absolute Gasteiger partial charge is 0.225 e. The summed E-state index contributed by atoms with van der Waals surface area (Å²) >= 11 is 6.10. The molecule has 0 radical (unpaired) electrons. The Morgan fingerprint density at radius 1 is 1.33 bits per heavy atom. The number of nitrogens with zero attached hydrogens (tertiary/aromatic N) is 3. The second-order valence-corrected chi connectivity index (χ2v) is 5.22. The van der Waals surface area contributed by atoms with Crippen molar-refractivity contribution in [3.8, 4) is 0 Å². The van der Waals surface area contributed by atoms with Crippen LogP contribution < -0.4 is 0 Å². The Kier molecular flexibility index (Phi) is 3.77. The summed E-state index contributed by atoms with van der Waals surface area (Å²) in [5.74, 6) is 1.32. The van der Waals surface area contributed by atoms with Crippen molar-refractivity contribution in [2.75, 3.05) is 0 Å². The molecule has 1 aromatic rings. The molecule has 0 N–H and O–H groups in total. The van der Waals surface area contributed by atoms with Crippen LogP contribution in [0.4, 0.5) is 0 Å². The number of halogens is 1. The van der Waals surface area contributed by atoms with E-state index in [0.29, 0.717) is 11.2 Å². The van der Waals surface area contributed by atoms with Gasteiger partial charge in [-0.15, -0.1) is 10.2 Å². The SMILES string of the molecule is CCCC(C)(C)n1c(Cl)nnc1C(C)C. The predicted octanol–water partition coefficient (Wildman–Crippen LogP) is 3.59. The number of rotatable bonds is 4. The van der Waals surface area contributed by atoms with E-state index in [1.54, 1.807) is 0 Å². The van der Waals surface area contributed by atoms with Crippen LogP contribution in [0.15, 0.2) is 0 Å². The summed E-state index contributed by atoms with van der Waals surface area (Å²) in [4.78, 5) is 0. The van der Waals surface area contributed by atoms with E-state index in [2.05, 4.69) is 49.4 Å². The highest BCUT2D eigenvalue weighted by Crippen LogP contribution is 2.29. The molecule has 0 unspecified atom stereocenters. The van der Waals surface area contributed by atoms with Crippen LogP contribution in [0.25, 0.3) is 0 Å². The zero-order chi connectivity index (χ0) is 11.6. The summed E-state index contributed by atoms with van der Waals surface area (Å²) in [6.07, 6.45) is 2.20. The molecule has 0 atom stereocenters. The summed E-state index contributed by atoms with van der Waals surface area (Å²) in [6, 6.07) is 0. The van der Waals surface area contributed by atoms with Crippen molar-refractivity contribution in [3.05, 3.63) is 11.1 Å². The molecule has 0 saturated heterocycles. The molecule has 0 saturated carbocycles. The minimum Gasteiger partial charge on any atom is -0.296 e. The minimum absolute atomic E-state index is 0.00502. The molecule has 4 heteroatoms. The van der Waals surface area contributed by atoms with Gasteiger partial charge in [0.1, 0.15) is 5.82 Å². The highest BCUT2D eigenvalue weighted by Gasteiger charge is 2.26. The fourth-order valence-corrected chi connectivity index (χ4v) is 2.29. The average molecular weight is 230 g/mol. The van der Waals surface area contributed by atoms with Gasteiger partial charge in [-0.1, -0.05) is 27.2 Å². The van der Waals surface area contributed by atoms with Crippen molar-refractivity contribution in [1.29, 1.82) is 0 Å². The van der Waals surface area contributed by atoms with E-state index in [9.17, 15) is 0 Å². The third-order valence-electron chi connectivity index (χ3n) is 2.63. The van der Waals surface area contributed by atoms with Gasteiger partial charge < -0.3 is 0 Å². The van der Waals surface area contributed by atoms with Crippen LogP contribution in [0.2, 0.25) is 5.28 Å². The van der Waals surface area contributed by atoms with Crippen molar-refractivity contribution in [2.45, 2.75) is 58.9 Å². The molecule has 0 spiro atoms. The van der Waals surface area contributed by atoms with Crippen LogP contribution in [0.3, 0.4) is 0 Å². The molecule has 0 aliphatic carbocycles. The Morgan fingerprint density at radius 2 is 1.93 bits per heavy atom. The maximum atomic E-state index is 6.10. The molecule has 0 fully saturated rings. The third-order valence-corrected chi connectivity index (χ3v) is 2.88. The molecule has 1 rings (SSSR count). The van der Waals surface area contributed by atoms with Gasteiger partial charge in [0.15, 0.2) is 0 Å². The lowest BCUT2D eigenvalue weighted by Crippen LogP contribution is -2.28. The Balaban J connectivity index is 3.16. The molecule has 15 heavy (non-hydrogen) atoms. The topological polar surface area (TPSA) is 30.7 Å². The second-order valence-electron chi connectivity index (χ2n) is 4.88. The first kappa shape index (κ1) is 12.5. The molecule has 0 aliphatic rings. The van der Waals surface area contributed by atoms with Gasteiger partial charge in [-0.25, -0.2) is 0 Å². The quantitative estimate of drug-likeness (QED) is 0.790. The predicted molar refractivity (Wildman–Crippen MR) is 63.4 cm³/mol. The lowest BCUT2D eigenvalue weighted by atomic mass is 9.97. The van der Waals surface area contributed by atoms with E-state index in [4.69, 9.17) is 11.6 Å². The lowest BCUT2D eigenvalue weighted by molar-refractivity contribution is 0.310. The molecule has 0 bridgehead atoms. The summed E-state index contributed by atoms with van der Waals surface area (Å²) in [7, 11) is 0. The van der Waals surface area contributed by atoms with Gasteiger partial charge in [-0.05, 0) is 31.9 Å². The molecule has 0 aromatic carbocycles. The largest absolute Gasteiger partial charge is 0.296 e. The zero-order valence-corrected chi connectivity index (χ0v) is 11.0. The molecular weight excluding hydrogens is 210 g/mol. The van der Waals surface area contributed by atoms with Gasteiger partial charge in [-0.2, -0.15) is 0 Å². The lowest BCUT2D eigenvalue weighted by Gasteiger charge is -2.28. The number of aromatic nitrogens is 3. The van der Waals surface area contributed by atoms with Crippen molar-refractivity contribution >= 4 is 11.6 Å². The van der Waals surface area contributed by atoms with Crippen LogP contribution in [0, 0.1) is 0 Å². The highest BCUT2D eigenvalue weighted by molar-refractivity contribution is 6.28. The van der Waals surface area contributed by atoms with Gasteiger partial charge in [0, 0.05) is 11.5 Å². The normalized spacial score (nSPS) is 12.5. The van der Waals surface area contributed by atoms with Gasteiger partial charge in [-0.3, -0.25) is 4.57 Å².